The number of aromatic nitrogens is 2. The third-order valence-corrected chi connectivity index (χ3v) is 4.62. The molecular weight excluding hydrogens is 252 g/mol. The van der Waals surface area contributed by atoms with E-state index in [0.717, 1.165) is 51.4 Å². The number of hydrogen-bond donors (Lipinski definition) is 1. The monoisotopic (exact) mass is 280 g/mol. The number of aryl methyl sites for hydroxylation is 1. The molecule has 2 unspecified atom stereocenters. The summed E-state index contributed by atoms with van der Waals surface area (Å²) in [5, 5.41) is 4.41. The second-order valence-corrected chi connectivity index (χ2v) is 5.77. The number of nitrogens with two attached hydrogens (primary N) is 1. The maximum Gasteiger partial charge on any atom is 0.0651 e. The van der Waals surface area contributed by atoms with Crippen molar-refractivity contribution in [3.8, 4) is 0 Å². The molecule has 5 heteroatoms. The van der Waals surface area contributed by atoms with Crippen LogP contribution in [-0.4, -0.2) is 46.5 Å². The zero-order valence-corrected chi connectivity index (χ0v) is 13.0. The van der Waals surface area contributed by atoms with Crippen LogP contribution in [0.2, 0.25) is 0 Å². The Morgan fingerprint density at radius 3 is 2.70 bits per heavy atom. The molecule has 1 saturated heterocycles. The summed E-state index contributed by atoms with van der Waals surface area (Å²) in [6.07, 6.45) is 3.95. The summed E-state index contributed by atoms with van der Waals surface area (Å²) < 4.78 is 7.53. The zero-order chi connectivity index (χ0) is 14.6. The van der Waals surface area contributed by atoms with Gasteiger partial charge in [0.2, 0.25) is 0 Å². The molecule has 1 aliphatic rings. The SMILES string of the molecule is CCCn1nccc1C(N)C(C)(CC)N1CCOCC1. The standard InChI is InChI=1S/C15H28N4O/c1-4-8-19-13(6-7-17-19)14(16)15(3,5-2)18-9-11-20-12-10-18/h6-7,14H,4-5,8-12,16H2,1-3H3. The molecule has 0 bridgehead atoms. The van der Waals surface area contributed by atoms with Crippen molar-refractivity contribution in [3.05, 3.63) is 18.0 Å². The van der Waals surface area contributed by atoms with Gasteiger partial charge >= 0.3 is 0 Å². The fourth-order valence-corrected chi connectivity index (χ4v) is 3.04. The van der Waals surface area contributed by atoms with E-state index in [-0.39, 0.29) is 11.6 Å². The van der Waals surface area contributed by atoms with E-state index in [1.165, 1.54) is 0 Å². The lowest BCUT2D eigenvalue weighted by Gasteiger charge is -2.46. The van der Waals surface area contributed by atoms with E-state index in [2.05, 4.69) is 41.5 Å². The lowest BCUT2D eigenvalue weighted by Crippen LogP contribution is -2.57. The van der Waals surface area contributed by atoms with Crippen LogP contribution < -0.4 is 5.73 Å². The van der Waals surface area contributed by atoms with Crippen molar-refractivity contribution in [2.45, 2.75) is 51.7 Å². The Morgan fingerprint density at radius 2 is 2.10 bits per heavy atom. The Balaban J connectivity index is 2.22. The summed E-state index contributed by atoms with van der Waals surface area (Å²) in [5.74, 6) is 0. The fourth-order valence-electron chi connectivity index (χ4n) is 3.04. The number of ether oxygens (including phenoxy) is 1. The Hall–Kier alpha value is -0.910. The van der Waals surface area contributed by atoms with Gasteiger partial charge in [-0.15, -0.1) is 0 Å². The van der Waals surface area contributed by atoms with Crippen molar-refractivity contribution in [3.63, 3.8) is 0 Å². The maximum atomic E-state index is 6.65. The Bertz CT molecular complexity index is 414. The molecule has 1 fully saturated rings. The van der Waals surface area contributed by atoms with Crippen molar-refractivity contribution >= 4 is 0 Å². The van der Waals surface area contributed by atoms with Crippen LogP contribution in [-0.2, 0) is 11.3 Å². The van der Waals surface area contributed by atoms with Gasteiger partial charge in [0.25, 0.3) is 0 Å². The molecule has 1 aromatic heterocycles. The van der Waals surface area contributed by atoms with Gasteiger partial charge in [0.15, 0.2) is 0 Å². The molecule has 114 valence electrons. The molecule has 5 nitrogen and oxygen atoms in total. The van der Waals surface area contributed by atoms with E-state index in [9.17, 15) is 0 Å². The van der Waals surface area contributed by atoms with Gasteiger partial charge in [0, 0.05) is 31.4 Å². The van der Waals surface area contributed by atoms with Crippen LogP contribution >= 0.6 is 0 Å². The van der Waals surface area contributed by atoms with Gasteiger partial charge in [-0.2, -0.15) is 5.10 Å². The second kappa shape index (κ2) is 6.70. The third-order valence-electron chi connectivity index (χ3n) is 4.62. The van der Waals surface area contributed by atoms with Crippen LogP contribution in [0.5, 0.6) is 0 Å². The predicted octanol–water partition coefficient (Wildman–Crippen LogP) is 1.79. The highest BCUT2D eigenvalue weighted by atomic mass is 16.5. The van der Waals surface area contributed by atoms with Gasteiger partial charge in [-0.1, -0.05) is 13.8 Å². The molecule has 2 atom stereocenters. The first-order chi connectivity index (χ1) is 9.63. The van der Waals surface area contributed by atoms with Crippen molar-refractivity contribution in [1.29, 1.82) is 0 Å². The van der Waals surface area contributed by atoms with Gasteiger partial charge in [-0.3, -0.25) is 9.58 Å². The van der Waals surface area contributed by atoms with Gasteiger partial charge in [0.05, 0.1) is 24.9 Å². The summed E-state index contributed by atoms with van der Waals surface area (Å²) in [7, 11) is 0. The van der Waals surface area contributed by atoms with Crippen molar-refractivity contribution in [2.24, 2.45) is 5.73 Å². The Morgan fingerprint density at radius 1 is 1.40 bits per heavy atom. The largest absolute Gasteiger partial charge is 0.379 e. The molecule has 0 aliphatic carbocycles. The topological polar surface area (TPSA) is 56.3 Å². The molecular formula is C15H28N4O. The first-order valence-electron chi connectivity index (χ1n) is 7.73. The zero-order valence-electron chi connectivity index (χ0n) is 13.0. The van der Waals surface area contributed by atoms with Gasteiger partial charge in [-0.25, -0.2) is 0 Å². The molecule has 1 aliphatic heterocycles. The van der Waals surface area contributed by atoms with Crippen LogP contribution in [0.4, 0.5) is 0 Å². The van der Waals surface area contributed by atoms with E-state index in [1.54, 1.807) is 0 Å². The average Bonchev–Trinajstić information content (AvgIpc) is 2.95. The smallest absolute Gasteiger partial charge is 0.0651 e. The molecule has 20 heavy (non-hydrogen) atoms. The normalized spacial score (nSPS) is 21.6. The van der Waals surface area contributed by atoms with E-state index in [4.69, 9.17) is 10.5 Å². The summed E-state index contributed by atoms with van der Waals surface area (Å²) >= 11 is 0. The number of rotatable bonds is 6. The molecule has 2 rings (SSSR count). The van der Waals surface area contributed by atoms with Crippen molar-refractivity contribution in [1.82, 2.24) is 14.7 Å². The Kier molecular flexibility index (Phi) is 5.18. The lowest BCUT2D eigenvalue weighted by molar-refractivity contribution is -0.0287. The van der Waals surface area contributed by atoms with Crippen molar-refractivity contribution in [2.75, 3.05) is 26.3 Å². The predicted molar refractivity (Wildman–Crippen MR) is 80.5 cm³/mol. The molecule has 0 aromatic carbocycles. The van der Waals surface area contributed by atoms with Gasteiger partial charge in [0.1, 0.15) is 0 Å². The van der Waals surface area contributed by atoms with Crippen molar-refractivity contribution < 1.29 is 4.74 Å². The summed E-state index contributed by atoms with van der Waals surface area (Å²) in [4.78, 5) is 2.48. The highest BCUT2D eigenvalue weighted by Crippen LogP contribution is 2.33. The highest BCUT2D eigenvalue weighted by Gasteiger charge is 2.39. The molecule has 0 saturated carbocycles. The summed E-state index contributed by atoms with van der Waals surface area (Å²) in [5.41, 5.74) is 7.74. The minimum absolute atomic E-state index is 0.0281. The first kappa shape index (κ1) is 15.5. The summed E-state index contributed by atoms with van der Waals surface area (Å²) in [6, 6.07) is 2.04. The third kappa shape index (κ3) is 2.90. The maximum absolute atomic E-state index is 6.65. The van der Waals surface area contributed by atoms with Gasteiger partial charge < -0.3 is 10.5 Å². The van der Waals surface area contributed by atoms with Crippen LogP contribution in [0.25, 0.3) is 0 Å². The summed E-state index contributed by atoms with van der Waals surface area (Å²) in [6.45, 7) is 11.1. The number of morpholine rings is 1. The minimum Gasteiger partial charge on any atom is -0.379 e. The average molecular weight is 280 g/mol. The molecule has 0 radical (unpaired) electrons. The van der Waals surface area contributed by atoms with E-state index >= 15 is 0 Å². The van der Waals surface area contributed by atoms with E-state index < -0.39 is 0 Å². The number of hydrogen-bond acceptors (Lipinski definition) is 4. The molecule has 0 spiro atoms. The van der Waals surface area contributed by atoms with E-state index in [1.807, 2.05) is 6.20 Å². The van der Waals surface area contributed by atoms with Crippen LogP contribution in [0.3, 0.4) is 0 Å². The Labute approximate surface area is 122 Å². The quantitative estimate of drug-likeness (QED) is 0.863. The van der Waals surface area contributed by atoms with Crippen LogP contribution in [0.15, 0.2) is 12.3 Å². The lowest BCUT2D eigenvalue weighted by atomic mass is 9.85. The minimum atomic E-state index is -0.0463. The highest BCUT2D eigenvalue weighted by molar-refractivity contribution is 5.14. The number of nitrogens with zero attached hydrogens (tertiary/aromatic N) is 3. The second-order valence-electron chi connectivity index (χ2n) is 5.77. The van der Waals surface area contributed by atoms with Gasteiger partial charge in [-0.05, 0) is 25.8 Å². The molecule has 1 aromatic rings. The molecule has 2 heterocycles. The van der Waals surface area contributed by atoms with Crippen LogP contribution in [0.1, 0.15) is 45.3 Å². The van der Waals surface area contributed by atoms with Crippen LogP contribution in [0, 0.1) is 0 Å². The van der Waals surface area contributed by atoms with E-state index in [0.29, 0.717) is 0 Å². The molecule has 0 amide bonds. The first-order valence-corrected chi connectivity index (χ1v) is 7.73. The fraction of sp³-hybridized carbons (Fsp3) is 0.800. The molecule has 2 N–H and O–H groups in total.